The Hall–Kier alpha value is -1.80. The van der Waals surface area contributed by atoms with Crippen LogP contribution in [0.5, 0.6) is 0 Å². The number of hydrogen-bond donors (Lipinski definition) is 1. The van der Waals surface area contributed by atoms with Gasteiger partial charge in [-0.2, -0.15) is 0 Å². The van der Waals surface area contributed by atoms with Crippen molar-refractivity contribution in [1.29, 1.82) is 0 Å². The fraction of sp³-hybridized carbons (Fsp3) is 0.565. The highest BCUT2D eigenvalue weighted by atomic mass is 32.2. The van der Waals surface area contributed by atoms with Crippen LogP contribution < -0.4 is 0 Å². The average molecular weight is 462 g/mol. The van der Waals surface area contributed by atoms with E-state index in [2.05, 4.69) is 17.1 Å². The number of imidazole rings is 1. The Bertz CT molecular complexity index is 998. The van der Waals surface area contributed by atoms with Crippen molar-refractivity contribution in [3.63, 3.8) is 0 Å². The lowest BCUT2D eigenvalue weighted by atomic mass is 9.93. The summed E-state index contributed by atoms with van der Waals surface area (Å²) < 4.78 is 24.1. The number of hydrogen-bond acceptors (Lipinski definition) is 5. The summed E-state index contributed by atoms with van der Waals surface area (Å²) in [6.07, 6.45) is 6.71. The topological polar surface area (TPSA) is 83.1 Å². The van der Waals surface area contributed by atoms with Gasteiger partial charge in [0, 0.05) is 24.2 Å². The molecule has 1 aliphatic carbocycles. The standard InChI is InChI=1S/C23H31N3O3S2/c1-17-21(14-18-8-4-2-5-9-18)25-23(24-17)30-15-22(27)26(19-10-6-3-7-11-19)20-12-13-31(28,29)16-20/h2,4-5,8-9,19-20H,3,6-7,10-16H2,1H3,(H,24,25). The zero-order valence-electron chi connectivity index (χ0n) is 18.0. The van der Waals surface area contributed by atoms with Crippen molar-refractivity contribution >= 4 is 27.5 Å². The largest absolute Gasteiger partial charge is 0.337 e. The number of aryl methyl sites for hydroxylation is 1. The molecule has 0 radical (unpaired) electrons. The first kappa shape index (κ1) is 22.4. The Labute approximate surface area is 189 Å². The van der Waals surface area contributed by atoms with Crippen LogP contribution in [-0.2, 0) is 21.1 Å². The minimum atomic E-state index is -3.03. The Balaban J connectivity index is 1.42. The molecule has 1 aromatic carbocycles. The summed E-state index contributed by atoms with van der Waals surface area (Å²) in [5, 5.41) is 0.749. The highest BCUT2D eigenvalue weighted by molar-refractivity contribution is 7.99. The van der Waals surface area contributed by atoms with Gasteiger partial charge in [0.2, 0.25) is 5.91 Å². The number of sulfone groups is 1. The average Bonchev–Trinajstić information content (AvgIpc) is 3.29. The third kappa shape index (κ3) is 5.71. The molecular weight excluding hydrogens is 430 g/mol. The monoisotopic (exact) mass is 461 g/mol. The van der Waals surface area contributed by atoms with Crippen molar-refractivity contribution in [3.8, 4) is 0 Å². The predicted octanol–water partition coefficient (Wildman–Crippen LogP) is 3.75. The van der Waals surface area contributed by atoms with Crippen LogP contribution in [0.25, 0.3) is 0 Å². The van der Waals surface area contributed by atoms with Gasteiger partial charge in [0.05, 0.1) is 23.0 Å². The first-order valence-electron chi connectivity index (χ1n) is 11.1. The van der Waals surface area contributed by atoms with Crippen LogP contribution in [0.15, 0.2) is 35.5 Å². The maximum Gasteiger partial charge on any atom is 0.233 e. The van der Waals surface area contributed by atoms with Crippen molar-refractivity contribution in [2.75, 3.05) is 17.3 Å². The molecule has 1 aromatic heterocycles. The van der Waals surface area contributed by atoms with Crippen LogP contribution in [-0.4, -0.2) is 58.5 Å². The van der Waals surface area contributed by atoms with Crippen LogP contribution in [0.2, 0.25) is 0 Å². The lowest BCUT2D eigenvalue weighted by Crippen LogP contribution is -2.49. The second-order valence-electron chi connectivity index (χ2n) is 8.71. The molecule has 1 unspecified atom stereocenters. The quantitative estimate of drug-likeness (QED) is 0.635. The number of aromatic nitrogens is 2. The minimum absolute atomic E-state index is 0.0395. The van der Waals surface area contributed by atoms with E-state index in [1.807, 2.05) is 30.0 Å². The van der Waals surface area contributed by atoms with Gasteiger partial charge in [-0.25, -0.2) is 13.4 Å². The number of rotatable bonds is 7. The summed E-state index contributed by atoms with van der Waals surface area (Å²) in [5.74, 6) is 0.630. The normalized spacial score (nSPS) is 21.3. The molecular formula is C23H31N3O3S2. The van der Waals surface area contributed by atoms with E-state index in [0.717, 1.165) is 48.6 Å². The summed E-state index contributed by atoms with van der Waals surface area (Å²) in [4.78, 5) is 23.2. The van der Waals surface area contributed by atoms with Crippen molar-refractivity contribution in [2.24, 2.45) is 0 Å². The molecule has 1 saturated carbocycles. The molecule has 168 valence electrons. The number of H-pyrrole nitrogens is 1. The van der Waals surface area contributed by atoms with Gasteiger partial charge in [-0.05, 0) is 31.7 Å². The molecule has 1 aliphatic heterocycles. The molecule has 2 aromatic rings. The lowest BCUT2D eigenvalue weighted by molar-refractivity contribution is -0.133. The second-order valence-corrected chi connectivity index (χ2v) is 11.9. The van der Waals surface area contributed by atoms with Crippen LogP contribution in [0, 0.1) is 6.92 Å². The Morgan fingerprint density at radius 1 is 1.13 bits per heavy atom. The summed E-state index contributed by atoms with van der Waals surface area (Å²) >= 11 is 1.42. The summed E-state index contributed by atoms with van der Waals surface area (Å²) in [5.41, 5.74) is 3.22. The zero-order chi connectivity index (χ0) is 21.8. The summed E-state index contributed by atoms with van der Waals surface area (Å²) in [6, 6.07) is 10.2. The number of nitrogens with one attached hydrogen (secondary N) is 1. The Morgan fingerprint density at radius 2 is 1.87 bits per heavy atom. The van der Waals surface area contributed by atoms with Gasteiger partial charge in [0.25, 0.3) is 0 Å². The number of benzene rings is 1. The third-order valence-corrected chi connectivity index (χ3v) is 8.98. The summed E-state index contributed by atoms with van der Waals surface area (Å²) in [6.45, 7) is 2.01. The number of nitrogens with zero attached hydrogens (tertiary/aromatic N) is 2. The number of aromatic amines is 1. The number of amides is 1. The Morgan fingerprint density at radius 3 is 2.55 bits per heavy atom. The molecule has 2 heterocycles. The van der Waals surface area contributed by atoms with E-state index in [9.17, 15) is 13.2 Å². The maximum absolute atomic E-state index is 13.3. The van der Waals surface area contributed by atoms with Gasteiger partial charge in [0.1, 0.15) is 0 Å². The fourth-order valence-electron chi connectivity index (χ4n) is 4.76. The van der Waals surface area contributed by atoms with Crippen molar-refractivity contribution in [1.82, 2.24) is 14.9 Å². The van der Waals surface area contributed by atoms with E-state index in [1.165, 1.54) is 23.7 Å². The van der Waals surface area contributed by atoms with E-state index < -0.39 is 9.84 Å². The number of thioether (sulfide) groups is 1. The highest BCUT2D eigenvalue weighted by Crippen LogP contribution is 2.29. The van der Waals surface area contributed by atoms with Gasteiger partial charge < -0.3 is 9.88 Å². The molecule has 2 fully saturated rings. The van der Waals surface area contributed by atoms with Gasteiger partial charge in [0.15, 0.2) is 15.0 Å². The van der Waals surface area contributed by atoms with E-state index in [0.29, 0.717) is 6.42 Å². The molecule has 0 bridgehead atoms. The predicted molar refractivity (Wildman–Crippen MR) is 124 cm³/mol. The molecule has 2 aliphatic rings. The van der Waals surface area contributed by atoms with Gasteiger partial charge >= 0.3 is 0 Å². The van der Waals surface area contributed by atoms with Crippen molar-refractivity contribution < 1.29 is 13.2 Å². The van der Waals surface area contributed by atoms with Crippen molar-refractivity contribution in [2.45, 2.75) is 69.1 Å². The SMILES string of the molecule is Cc1[nH]c(SCC(=O)N(C2CCCCC2)C2CCS(=O)(=O)C2)nc1Cc1ccccc1. The zero-order valence-corrected chi connectivity index (χ0v) is 19.7. The van der Waals surface area contributed by atoms with Gasteiger partial charge in [-0.15, -0.1) is 0 Å². The molecule has 4 rings (SSSR count). The van der Waals surface area contributed by atoms with E-state index in [-0.39, 0.29) is 35.2 Å². The van der Waals surface area contributed by atoms with Crippen LogP contribution >= 0.6 is 11.8 Å². The first-order valence-corrected chi connectivity index (χ1v) is 14.0. The molecule has 1 atom stereocenters. The van der Waals surface area contributed by atoms with Crippen LogP contribution in [0.4, 0.5) is 0 Å². The molecule has 8 heteroatoms. The van der Waals surface area contributed by atoms with Gasteiger partial charge in [-0.1, -0.05) is 61.4 Å². The minimum Gasteiger partial charge on any atom is -0.337 e. The first-order chi connectivity index (χ1) is 14.9. The molecule has 0 spiro atoms. The molecule has 6 nitrogen and oxygen atoms in total. The van der Waals surface area contributed by atoms with Crippen molar-refractivity contribution in [3.05, 3.63) is 47.3 Å². The van der Waals surface area contributed by atoms with Crippen LogP contribution in [0.3, 0.4) is 0 Å². The molecule has 31 heavy (non-hydrogen) atoms. The van der Waals surface area contributed by atoms with E-state index >= 15 is 0 Å². The highest BCUT2D eigenvalue weighted by Gasteiger charge is 2.38. The lowest BCUT2D eigenvalue weighted by Gasteiger charge is -2.38. The molecule has 1 N–H and O–H groups in total. The smallest absolute Gasteiger partial charge is 0.233 e. The van der Waals surface area contributed by atoms with Gasteiger partial charge in [-0.3, -0.25) is 4.79 Å². The number of carbonyl (C=O) groups is 1. The van der Waals surface area contributed by atoms with E-state index in [4.69, 9.17) is 4.98 Å². The molecule has 1 saturated heterocycles. The maximum atomic E-state index is 13.3. The third-order valence-electron chi connectivity index (χ3n) is 6.37. The second kappa shape index (κ2) is 9.77. The summed E-state index contributed by atoms with van der Waals surface area (Å²) in [7, 11) is -3.03. The fourth-order valence-corrected chi connectivity index (χ4v) is 7.28. The van der Waals surface area contributed by atoms with Crippen LogP contribution in [0.1, 0.15) is 55.5 Å². The molecule has 1 amide bonds. The Kier molecular flexibility index (Phi) is 7.06. The van der Waals surface area contributed by atoms with E-state index in [1.54, 1.807) is 0 Å². The number of carbonyl (C=O) groups excluding carboxylic acids is 1.